The van der Waals surface area contributed by atoms with Crippen LogP contribution in [0.15, 0.2) is 0 Å². The molecular weight excluding hydrogens is 290 g/mol. The Morgan fingerprint density at radius 2 is 2.00 bits per heavy atom. The van der Waals surface area contributed by atoms with E-state index in [0.29, 0.717) is 5.69 Å². The fourth-order valence-electron chi connectivity index (χ4n) is 0.873. The minimum Gasteiger partial charge on any atom is -1.00 e. The van der Waals surface area contributed by atoms with Gasteiger partial charge in [0.2, 0.25) is 0 Å². The first-order chi connectivity index (χ1) is 5.81. The summed E-state index contributed by atoms with van der Waals surface area (Å²) in [5.74, 6) is 0. The number of nitrogens with two attached hydrogens (primary N) is 1. The smallest absolute Gasteiger partial charge is 0.371 e. The lowest BCUT2D eigenvalue weighted by atomic mass is 10.3. The van der Waals surface area contributed by atoms with Crippen LogP contribution in [0.5, 0.6) is 0 Å². The number of aromatic nitrogens is 1. The van der Waals surface area contributed by atoms with Gasteiger partial charge in [0.25, 0.3) is 0 Å². The molecule has 0 saturated carbocycles. The Balaban J connectivity index is 0.00000169. The molecule has 1 heterocycles. The monoisotopic (exact) mass is 296 g/mol. The van der Waals surface area contributed by atoms with Gasteiger partial charge in [-0.05, 0) is 16.1 Å². The molecule has 0 atom stereocenters. The lowest BCUT2D eigenvalue weighted by Crippen LogP contribution is -3.00. The Bertz CT molecular complexity index is 322. The fraction of sp³-hybridized carbons (Fsp3) is 0.500. The third-order valence-electron chi connectivity index (χ3n) is 1.52. The van der Waals surface area contributed by atoms with Gasteiger partial charge in [0.05, 0.1) is 4.88 Å². The van der Waals surface area contributed by atoms with Crippen molar-refractivity contribution < 1.29 is 22.3 Å². The van der Waals surface area contributed by atoms with Crippen LogP contribution in [-0.4, -0.2) is 9.00 Å². The summed E-state index contributed by atoms with van der Waals surface area (Å²) in [7, 11) is 0. The normalized spacial score (nSPS) is 11.1. The zero-order chi connectivity index (χ0) is 10.2. The molecule has 0 spiro atoms. The Kier molecular flexibility index (Phi) is 5.08. The number of anilines is 1. The third-order valence-corrected chi connectivity index (χ3v) is 2.99. The van der Waals surface area contributed by atoms with E-state index in [2.05, 4.69) is 0 Å². The summed E-state index contributed by atoms with van der Waals surface area (Å²) in [6.07, 6.45) is 0.242. The van der Waals surface area contributed by atoms with E-state index in [4.69, 9.17) is 40.5 Å². The van der Waals surface area contributed by atoms with E-state index in [1.165, 1.54) is 11.3 Å². The molecule has 0 unspecified atom stereocenters. The van der Waals surface area contributed by atoms with Crippen LogP contribution < -0.4 is 22.9 Å². The zero-order valence-electron chi connectivity index (χ0n) is 7.10. The molecule has 0 bridgehead atoms. The highest BCUT2D eigenvalue weighted by atomic mass is 35.6. The van der Waals surface area contributed by atoms with Gasteiger partial charge < -0.3 is 17.6 Å². The quantitative estimate of drug-likeness (QED) is 0.400. The summed E-state index contributed by atoms with van der Waals surface area (Å²) in [6, 6.07) is 0. The molecule has 3 nitrogen and oxygen atoms in total. The van der Waals surface area contributed by atoms with Crippen molar-refractivity contribution in [3.63, 3.8) is 0 Å². The van der Waals surface area contributed by atoms with Gasteiger partial charge in [-0.3, -0.25) is 5.73 Å². The zero-order valence-corrected chi connectivity index (χ0v) is 10.9. The second-order valence-corrected chi connectivity index (χ2v) is 6.18. The van der Waals surface area contributed by atoms with Gasteiger partial charge in [-0.25, -0.2) is 0 Å². The van der Waals surface area contributed by atoms with Crippen molar-refractivity contribution in [2.45, 2.75) is 17.1 Å². The van der Waals surface area contributed by atoms with Gasteiger partial charge in [-0.15, -0.1) is 0 Å². The number of thiazole rings is 1. The number of nitrogens with zero attached hydrogens (tertiary/aromatic N) is 1. The van der Waals surface area contributed by atoms with Crippen LogP contribution in [0.25, 0.3) is 0 Å². The van der Waals surface area contributed by atoms with E-state index in [9.17, 15) is 5.21 Å². The van der Waals surface area contributed by atoms with E-state index >= 15 is 0 Å². The summed E-state index contributed by atoms with van der Waals surface area (Å²) < 4.78 is -0.467. The number of hydrogen-bond donors (Lipinski definition) is 2. The molecule has 0 amide bonds. The second-order valence-electron chi connectivity index (χ2n) is 2.55. The lowest BCUT2D eigenvalue weighted by molar-refractivity contribution is -0.894. The summed E-state index contributed by atoms with van der Waals surface area (Å²) in [5.41, 5.74) is 6.07. The highest BCUT2D eigenvalue weighted by molar-refractivity contribution is 7.15. The number of alkyl halides is 3. The maximum Gasteiger partial charge on any atom is 0.371 e. The van der Waals surface area contributed by atoms with Crippen molar-refractivity contribution in [1.29, 1.82) is 0 Å². The average Bonchev–Trinajstić information content (AvgIpc) is 2.15. The van der Waals surface area contributed by atoms with Crippen LogP contribution >= 0.6 is 46.1 Å². The maximum absolute atomic E-state index is 9.30. The number of nitrogen functional groups attached to an aromatic ring is 1. The molecule has 8 heteroatoms. The summed E-state index contributed by atoms with van der Waals surface area (Å²) >= 11 is 18.0. The third kappa shape index (κ3) is 3.51. The van der Waals surface area contributed by atoms with Crippen molar-refractivity contribution in [3.8, 4) is 0 Å². The topological polar surface area (TPSA) is 50.1 Å². The van der Waals surface area contributed by atoms with Crippen LogP contribution in [-0.2, 0) is 6.42 Å². The minimum absolute atomic E-state index is 0. The first-order valence-electron chi connectivity index (χ1n) is 3.37. The van der Waals surface area contributed by atoms with Crippen molar-refractivity contribution in [1.82, 2.24) is 0 Å². The van der Waals surface area contributed by atoms with Gasteiger partial charge in [-0.2, -0.15) is 0 Å². The molecule has 0 aliphatic heterocycles. The highest BCUT2D eigenvalue weighted by Gasteiger charge is 2.27. The van der Waals surface area contributed by atoms with Crippen LogP contribution in [0, 0.1) is 6.92 Å². The van der Waals surface area contributed by atoms with Gasteiger partial charge >= 0.3 is 5.13 Å². The molecule has 3 N–H and O–H groups in total. The molecule has 0 aliphatic rings. The molecule has 1 aromatic rings. The molecule has 0 saturated heterocycles. The van der Waals surface area contributed by atoms with E-state index < -0.39 is 3.79 Å². The molecule has 1 rings (SSSR count). The first kappa shape index (κ1) is 14.4. The molecule has 14 heavy (non-hydrogen) atoms. The molecule has 0 radical (unpaired) electrons. The summed E-state index contributed by atoms with van der Waals surface area (Å²) in [6.45, 7) is 1.71. The lowest BCUT2D eigenvalue weighted by Gasteiger charge is -2.07. The molecule has 0 aliphatic carbocycles. The summed E-state index contributed by atoms with van der Waals surface area (Å²) in [4.78, 5) is 0.764. The molecule has 1 aromatic heterocycles. The fourth-order valence-corrected chi connectivity index (χ4v) is 2.51. The molecule has 0 fully saturated rings. The minimum atomic E-state index is -1.35. The predicted octanol–water partition coefficient (Wildman–Crippen LogP) is -0.920. The van der Waals surface area contributed by atoms with Gasteiger partial charge in [-0.1, -0.05) is 34.8 Å². The van der Waals surface area contributed by atoms with Crippen molar-refractivity contribution >= 4 is 51.3 Å². The average molecular weight is 298 g/mol. The first-order valence-corrected chi connectivity index (χ1v) is 5.32. The SMILES string of the molecule is Cc1c(CC(Cl)(Cl)Cl)sc(N)[n+]1O.[Cl-]. The largest absolute Gasteiger partial charge is 1.00 e. The predicted molar refractivity (Wildman–Crippen MR) is 54.8 cm³/mol. The van der Waals surface area contributed by atoms with Crippen molar-refractivity contribution in [3.05, 3.63) is 10.6 Å². The van der Waals surface area contributed by atoms with Gasteiger partial charge in [0, 0.05) is 13.3 Å². The Hall–Kier alpha value is 0.390. The molecule has 82 valence electrons. The molecule has 0 aromatic carbocycles. The molecular formula is C6H8Cl4N2OS. The Morgan fingerprint density at radius 3 is 2.29 bits per heavy atom. The second kappa shape index (κ2) is 4.94. The number of halogens is 4. The Morgan fingerprint density at radius 1 is 1.50 bits per heavy atom. The summed E-state index contributed by atoms with van der Waals surface area (Å²) in [5, 5.41) is 9.58. The van der Waals surface area contributed by atoms with E-state index in [-0.39, 0.29) is 24.0 Å². The number of rotatable bonds is 1. The van der Waals surface area contributed by atoms with Crippen LogP contribution in [0.2, 0.25) is 0 Å². The maximum atomic E-state index is 9.30. The highest BCUT2D eigenvalue weighted by Crippen LogP contribution is 2.33. The van der Waals surface area contributed by atoms with Crippen LogP contribution in [0.3, 0.4) is 0 Å². The van der Waals surface area contributed by atoms with Crippen molar-refractivity contribution in [2.75, 3.05) is 5.73 Å². The van der Waals surface area contributed by atoms with Crippen LogP contribution in [0.4, 0.5) is 5.13 Å². The standard InChI is InChI=1S/C6H7Cl3N2OS.ClH/c1-3-4(2-6(7,8)9)13-5(10)11(3)12;/h10,12H,2H2,1H3;1H. The Labute approximate surface area is 107 Å². The van der Waals surface area contributed by atoms with Crippen LogP contribution in [0.1, 0.15) is 10.6 Å². The van der Waals surface area contributed by atoms with Gasteiger partial charge in [0.15, 0.2) is 9.49 Å². The van der Waals surface area contributed by atoms with E-state index in [1.54, 1.807) is 6.92 Å². The van der Waals surface area contributed by atoms with E-state index in [0.717, 1.165) is 9.61 Å². The van der Waals surface area contributed by atoms with Crippen molar-refractivity contribution in [2.24, 2.45) is 0 Å². The van der Waals surface area contributed by atoms with E-state index in [1.807, 2.05) is 0 Å². The number of hydrogen-bond acceptors (Lipinski definition) is 3. The van der Waals surface area contributed by atoms with Gasteiger partial charge in [0.1, 0.15) is 0 Å².